The van der Waals surface area contributed by atoms with Crippen LogP contribution in [-0.4, -0.2) is 40.8 Å². The normalized spacial score (nSPS) is 11.6. The number of amides is 2. The van der Waals surface area contributed by atoms with Gasteiger partial charge < -0.3 is 19.2 Å². The molecule has 2 amide bonds. The molecular weight excluding hydrogens is 450 g/mol. The van der Waals surface area contributed by atoms with Gasteiger partial charge in [0.25, 0.3) is 5.91 Å². The Kier molecular flexibility index (Phi) is 7.38. The van der Waals surface area contributed by atoms with Crippen LogP contribution in [0.25, 0.3) is 10.9 Å². The number of fused-ring (bicyclic) bond motifs is 1. The number of anilines is 1. The molecule has 2 N–H and O–H groups in total. The van der Waals surface area contributed by atoms with Gasteiger partial charge in [0.05, 0.1) is 5.69 Å². The Labute approximate surface area is 204 Å². The van der Waals surface area contributed by atoms with Gasteiger partial charge in [0.15, 0.2) is 6.61 Å². The van der Waals surface area contributed by atoms with Crippen LogP contribution in [0.3, 0.4) is 0 Å². The van der Waals surface area contributed by atoms with Crippen LogP contribution in [0.15, 0.2) is 54.6 Å². The van der Waals surface area contributed by atoms with Gasteiger partial charge >= 0.3 is 12.1 Å². The molecule has 3 aromatic rings. The van der Waals surface area contributed by atoms with Gasteiger partial charge in [-0.15, -0.1) is 0 Å². The molecule has 9 heteroatoms. The molecule has 0 saturated heterocycles. The van der Waals surface area contributed by atoms with Crippen molar-refractivity contribution in [3.05, 3.63) is 60.3 Å². The quantitative estimate of drug-likeness (QED) is 0.393. The largest absolute Gasteiger partial charge is 0.482 e. The molecule has 0 saturated carbocycles. The van der Waals surface area contributed by atoms with Crippen molar-refractivity contribution >= 4 is 34.6 Å². The highest BCUT2D eigenvalue weighted by atomic mass is 16.6. The molecule has 0 unspecified atom stereocenters. The van der Waals surface area contributed by atoms with Crippen molar-refractivity contribution in [2.45, 2.75) is 52.7 Å². The first-order valence-corrected chi connectivity index (χ1v) is 11.2. The molecule has 186 valence electrons. The van der Waals surface area contributed by atoms with Gasteiger partial charge in [-0.05, 0) is 77.9 Å². The number of benzene rings is 2. The number of H-pyrrole nitrogens is 1. The summed E-state index contributed by atoms with van der Waals surface area (Å²) in [6.07, 6.45) is -0.761. The maximum atomic E-state index is 13.4. The van der Waals surface area contributed by atoms with Crippen LogP contribution in [0.5, 0.6) is 5.75 Å². The molecule has 9 nitrogen and oxygen atoms in total. The zero-order valence-electron chi connectivity index (χ0n) is 20.8. The molecule has 0 spiro atoms. The lowest BCUT2D eigenvalue weighted by molar-refractivity contribution is -0.157. The van der Waals surface area contributed by atoms with Crippen molar-refractivity contribution < 1.29 is 28.6 Å². The fourth-order valence-corrected chi connectivity index (χ4v) is 3.15. The molecule has 2 aromatic carbocycles. The molecule has 1 aromatic heterocycles. The number of esters is 1. The zero-order chi connectivity index (χ0) is 25.8. The maximum absolute atomic E-state index is 13.4. The molecule has 1 heterocycles. The number of aromatic amines is 1. The van der Waals surface area contributed by atoms with Crippen LogP contribution in [0, 0.1) is 0 Å². The third-order valence-corrected chi connectivity index (χ3v) is 4.42. The molecular formula is C26H31N3O6. The lowest BCUT2D eigenvalue weighted by atomic mass is 10.2. The fourth-order valence-electron chi connectivity index (χ4n) is 3.15. The van der Waals surface area contributed by atoms with Crippen LogP contribution < -0.4 is 15.2 Å². The monoisotopic (exact) mass is 481 g/mol. The first kappa shape index (κ1) is 25.6. The minimum atomic E-state index is -0.761. The van der Waals surface area contributed by atoms with E-state index in [4.69, 9.17) is 14.2 Å². The van der Waals surface area contributed by atoms with Gasteiger partial charge in [-0.1, -0.05) is 18.2 Å². The van der Waals surface area contributed by atoms with E-state index in [2.05, 4.69) is 10.4 Å². The van der Waals surface area contributed by atoms with E-state index in [-0.39, 0.29) is 12.3 Å². The summed E-state index contributed by atoms with van der Waals surface area (Å²) in [4.78, 5) is 40.8. The molecule has 0 radical (unpaired) electrons. The van der Waals surface area contributed by atoms with Crippen molar-refractivity contribution in [3.8, 4) is 5.75 Å². The second-order valence-electron chi connectivity index (χ2n) is 9.90. The van der Waals surface area contributed by atoms with E-state index in [1.165, 1.54) is 0 Å². The number of carbonyl (C=O) groups excluding carboxylic acids is 3. The van der Waals surface area contributed by atoms with E-state index in [1.807, 2.05) is 0 Å². The summed E-state index contributed by atoms with van der Waals surface area (Å²) < 4.78 is 16.1. The number of hydrogen-bond donors (Lipinski definition) is 2. The van der Waals surface area contributed by atoms with E-state index < -0.39 is 29.2 Å². The Hall–Kier alpha value is -4.01. The van der Waals surface area contributed by atoms with Crippen LogP contribution >= 0.6 is 0 Å². The van der Waals surface area contributed by atoms with Crippen LogP contribution in [0.4, 0.5) is 10.5 Å². The number of aromatic nitrogens is 1. The number of nitrogens with zero attached hydrogens (tertiary/aromatic N) is 1. The van der Waals surface area contributed by atoms with Gasteiger partial charge in [0.2, 0.25) is 0 Å². The third kappa shape index (κ3) is 7.49. The van der Waals surface area contributed by atoms with Crippen molar-refractivity contribution in [1.82, 2.24) is 10.4 Å². The first-order chi connectivity index (χ1) is 16.3. The molecule has 0 fully saturated rings. The van der Waals surface area contributed by atoms with E-state index in [0.717, 1.165) is 5.01 Å². The maximum Gasteiger partial charge on any atom is 0.427 e. The Balaban J connectivity index is 1.80. The summed E-state index contributed by atoms with van der Waals surface area (Å²) in [6, 6.07) is 15.5. The number of carbonyl (C=O) groups is 3. The zero-order valence-corrected chi connectivity index (χ0v) is 20.8. The van der Waals surface area contributed by atoms with Crippen molar-refractivity contribution in [2.75, 3.05) is 11.6 Å². The molecule has 0 atom stereocenters. The number of para-hydroxylation sites is 1. The summed E-state index contributed by atoms with van der Waals surface area (Å²) in [5.41, 5.74) is 2.58. The van der Waals surface area contributed by atoms with Crippen molar-refractivity contribution in [2.24, 2.45) is 0 Å². The average Bonchev–Trinajstić information content (AvgIpc) is 3.17. The van der Waals surface area contributed by atoms with E-state index in [1.54, 1.807) is 96.1 Å². The highest BCUT2D eigenvalue weighted by Gasteiger charge is 2.25. The average molecular weight is 482 g/mol. The highest BCUT2D eigenvalue weighted by Crippen LogP contribution is 2.24. The molecule has 35 heavy (non-hydrogen) atoms. The van der Waals surface area contributed by atoms with Gasteiger partial charge in [0.1, 0.15) is 22.6 Å². The summed E-state index contributed by atoms with van der Waals surface area (Å²) in [7, 11) is 0. The first-order valence-electron chi connectivity index (χ1n) is 11.2. The predicted octanol–water partition coefficient (Wildman–Crippen LogP) is 4.97. The minimum Gasteiger partial charge on any atom is -0.482 e. The van der Waals surface area contributed by atoms with Crippen LogP contribution in [0.2, 0.25) is 0 Å². The summed E-state index contributed by atoms with van der Waals surface area (Å²) in [5, 5.41) is 1.82. The van der Waals surface area contributed by atoms with E-state index >= 15 is 0 Å². The van der Waals surface area contributed by atoms with Gasteiger partial charge in [-0.2, -0.15) is 0 Å². The Morgan fingerprint density at radius 1 is 0.886 bits per heavy atom. The predicted molar refractivity (Wildman–Crippen MR) is 132 cm³/mol. The second kappa shape index (κ2) is 10.1. The topological polar surface area (TPSA) is 110 Å². The SMILES string of the molecule is CC(C)(C)OC(=O)COc1ccc2[nH]c(C(=O)N(NC(=O)OC(C)(C)C)c3ccccc3)cc2c1. The van der Waals surface area contributed by atoms with Crippen LogP contribution in [-0.2, 0) is 14.3 Å². The van der Waals surface area contributed by atoms with E-state index in [9.17, 15) is 14.4 Å². The fraction of sp³-hybridized carbons (Fsp3) is 0.346. The van der Waals surface area contributed by atoms with Gasteiger partial charge in [-0.3, -0.25) is 4.79 Å². The molecule has 0 aliphatic rings. The number of hydrazine groups is 1. The number of ether oxygens (including phenoxy) is 3. The minimum absolute atomic E-state index is 0.236. The number of nitrogens with one attached hydrogen (secondary N) is 2. The molecule has 3 rings (SSSR count). The molecule has 0 bridgehead atoms. The lowest BCUT2D eigenvalue weighted by Crippen LogP contribution is -2.48. The van der Waals surface area contributed by atoms with Gasteiger partial charge in [-0.25, -0.2) is 20.0 Å². The standard InChI is InChI=1S/C26H31N3O6/c1-25(2,3)34-22(30)16-33-19-12-13-20-17(14-19)15-21(27-20)23(31)29(18-10-8-7-9-11-18)28-24(32)35-26(4,5)6/h7-15,27H,16H2,1-6H3,(H,28,32). The number of rotatable bonds is 5. The summed E-state index contributed by atoms with van der Waals surface area (Å²) in [6.45, 7) is 10.3. The molecule has 0 aliphatic heterocycles. The van der Waals surface area contributed by atoms with E-state index in [0.29, 0.717) is 22.3 Å². The van der Waals surface area contributed by atoms with Crippen LogP contribution in [0.1, 0.15) is 52.0 Å². The number of hydrogen-bond acceptors (Lipinski definition) is 6. The smallest absolute Gasteiger partial charge is 0.427 e. The highest BCUT2D eigenvalue weighted by molar-refractivity contribution is 6.08. The Morgan fingerprint density at radius 3 is 2.17 bits per heavy atom. The lowest BCUT2D eigenvalue weighted by Gasteiger charge is -2.26. The summed E-state index contributed by atoms with van der Waals surface area (Å²) in [5.74, 6) is -0.517. The molecule has 0 aliphatic carbocycles. The Bertz CT molecular complexity index is 1210. The summed E-state index contributed by atoms with van der Waals surface area (Å²) >= 11 is 0. The third-order valence-electron chi connectivity index (χ3n) is 4.42. The van der Waals surface area contributed by atoms with Crippen molar-refractivity contribution in [1.29, 1.82) is 0 Å². The second-order valence-corrected chi connectivity index (χ2v) is 9.90. The van der Waals surface area contributed by atoms with Gasteiger partial charge in [0, 0.05) is 10.9 Å². The Morgan fingerprint density at radius 2 is 1.54 bits per heavy atom. The van der Waals surface area contributed by atoms with Crippen molar-refractivity contribution in [3.63, 3.8) is 0 Å².